The molecule has 0 aliphatic carbocycles. The van der Waals surface area contributed by atoms with E-state index in [2.05, 4.69) is 16.9 Å². The van der Waals surface area contributed by atoms with E-state index in [1.165, 1.54) is 26.5 Å². The number of rotatable bonds is 3. The van der Waals surface area contributed by atoms with Gasteiger partial charge in [0, 0.05) is 12.7 Å². The van der Waals surface area contributed by atoms with E-state index in [0.717, 1.165) is 24.3 Å². The molecule has 0 radical (unpaired) electrons. The Hall–Kier alpha value is -1.88. The fourth-order valence-corrected chi connectivity index (χ4v) is 3.17. The average Bonchev–Trinajstić information content (AvgIpc) is 2.88. The molecule has 0 saturated carbocycles. The highest BCUT2D eigenvalue weighted by Gasteiger charge is 2.19. The number of methoxy groups -OCH3 is 1. The van der Waals surface area contributed by atoms with Gasteiger partial charge >= 0.3 is 5.97 Å². The molecule has 1 aliphatic heterocycles. The van der Waals surface area contributed by atoms with Crippen molar-refractivity contribution in [1.82, 2.24) is 14.3 Å². The fourth-order valence-electron chi connectivity index (χ4n) is 3.17. The number of nitrogens with zero attached hydrogens (tertiary/aromatic N) is 3. The third kappa shape index (κ3) is 2.93. The molecule has 3 heterocycles. The van der Waals surface area contributed by atoms with Crippen LogP contribution in [0.1, 0.15) is 29.0 Å². The van der Waals surface area contributed by atoms with Gasteiger partial charge in [0.15, 0.2) is 0 Å². The first-order chi connectivity index (χ1) is 10.2. The van der Waals surface area contributed by atoms with Crippen molar-refractivity contribution in [2.24, 2.45) is 5.92 Å². The lowest BCUT2D eigenvalue weighted by atomic mass is 9.94. The van der Waals surface area contributed by atoms with Crippen molar-refractivity contribution in [3.63, 3.8) is 0 Å². The molecule has 1 aliphatic rings. The number of hydrogen-bond acceptors (Lipinski definition) is 4. The maximum atomic E-state index is 11.8. The van der Waals surface area contributed by atoms with Crippen LogP contribution in [0.25, 0.3) is 5.65 Å². The van der Waals surface area contributed by atoms with Crippen LogP contribution in [0.5, 0.6) is 0 Å². The predicted molar refractivity (Wildman–Crippen MR) is 80.5 cm³/mol. The molecule has 21 heavy (non-hydrogen) atoms. The topological polar surface area (TPSA) is 46.8 Å². The Morgan fingerprint density at radius 3 is 3.10 bits per heavy atom. The van der Waals surface area contributed by atoms with Crippen LogP contribution in [0.2, 0.25) is 0 Å². The molecule has 0 N–H and O–H groups in total. The highest BCUT2D eigenvalue weighted by molar-refractivity contribution is 5.88. The second-order valence-electron chi connectivity index (χ2n) is 5.84. The van der Waals surface area contributed by atoms with E-state index in [4.69, 9.17) is 4.74 Å². The van der Waals surface area contributed by atoms with E-state index in [9.17, 15) is 4.79 Å². The molecular weight excluding hydrogens is 266 g/mol. The number of ether oxygens (including phenoxy) is 1. The molecule has 1 unspecified atom stereocenters. The van der Waals surface area contributed by atoms with Crippen LogP contribution < -0.4 is 0 Å². The van der Waals surface area contributed by atoms with Gasteiger partial charge in [0.25, 0.3) is 0 Å². The Kier molecular flexibility index (Phi) is 3.92. The summed E-state index contributed by atoms with van der Waals surface area (Å²) in [6, 6.07) is 5.52. The molecule has 3 rings (SSSR count). The molecular formula is C16H21N3O2. The highest BCUT2D eigenvalue weighted by atomic mass is 16.5. The van der Waals surface area contributed by atoms with Gasteiger partial charge in [-0.3, -0.25) is 4.40 Å². The SMILES string of the molecule is COC(=O)c1cccc2nc(CC3CCCN(C)C3)cn12. The van der Waals surface area contributed by atoms with Crippen molar-refractivity contribution in [2.75, 3.05) is 27.2 Å². The summed E-state index contributed by atoms with van der Waals surface area (Å²) in [5.41, 5.74) is 2.37. The summed E-state index contributed by atoms with van der Waals surface area (Å²) in [5, 5.41) is 0. The molecule has 1 saturated heterocycles. The van der Waals surface area contributed by atoms with Crippen molar-refractivity contribution in [3.05, 3.63) is 35.8 Å². The smallest absolute Gasteiger partial charge is 0.355 e. The summed E-state index contributed by atoms with van der Waals surface area (Å²) in [7, 11) is 3.57. The minimum atomic E-state index is -0.332. The van der Waals surface area contributed by atoms with Gasteiger partial charge in [0.05, 0.1) is 12.8 Å². The van der Waals surface area contributed by atoms with E-state index in [1.54, 1.807) is 6.07 Å². The van der Waals surface area contributed by atoms with Crippen molar-refractivity contribution >= 4 is 11.6 Å². The summed E-state index contributed by atoms with van der Waals surface area (Å²) >= 11 is 0. The van der Waals surface area contributed by atoms with Crippen molar-refractivity contribution in [3.8, 4) is 0 Å². The van der Waals surface area contributed by atoms with Crippen molar-refractivity contribution in [2.45, 2.75) is 19.3 Å². The van der Waals surface area contributed by atoms with Gasteiger partial charge in [-0.05, 0) is 50.9 Å². The summed E-state index contributed by atoms with van der Waals surface area (Å²) in [6.07, 6.45) is 5.44. The normalized spacial score (nSPS) is 19.8. The molecule has 0 spiro atoms. The fraction of sp³-hybridized carbons (Fsp3) is 0.500. The standard InChI is InChI=1S/C16H21N3O2/c1-18-8-4-5-12(10-18)9-13-11-19-14(16(20)21-2)6-3-7-15(19)17-13/h3,6-7,11-12H,4-5,8-10H2,1-2H3. The first-order valence-electron chi connectivity index (χ1n) is 7.41. The largest absolute Gasteiger partial charge is 0.464 e. The Balaban J connectivity index is 1.85. The minimum absolute atomic E-state index is 0.332. The van der Waals surface area contributed by atoms with Gasteiger partial charge in [-0.2, -0.15) is 0 Å². The second kappa shape index (κ2) is 5.85. The third-order valence-electron chi connectivity index (χ3n) is 4.16. The first kappa shape index (κ1) is 14.1. The molecule has 2 aromatic heterocycles. The van der Waals surface area contributed by atoms with Crippen LogP contribution in [0, 0.1) is 5.92 Å². The Bertz CT molecular complexity index is 650. The zero-order valence-corrected chi connectivity index (χ0v) is 12.6. The van der Waals surface area contributed by atoms with Gasteiger partial charge < -0.3 is 9.64 Å². The monoisotopic (exact) mass is 287 g/mol. The Morgan fingerprint density at radius 1 is 1.48 bits per heavy atom. The number of aromatic nitrogens is 2. The zero-order valence-electron chi connectivity index (χ0n) is 12.6. The lowest BCUT2D eigenvalue weighted by Crippen LogP contribution is -2.33. The maximum Gasteiger partial charge on any atom is 0.355 e. The predicted octanol–water partition coefficient (Wildman–Crippen LogP) is 2.01. The minimum Gasteiger partial charge on any atom is -0.464 e. The summed E-state index contributed by atoms with van der Waals surface area (Å²) in [4.78, 5) is 18.8. The Morgan fingerprint density at radius 2 is 2.33 bits per heavy atom. The number of carbonyl (C=O) groups is 1. The van der Waals surface area contributed by atoms with Crippen LogP contribution in [-0.2, 0) is 11.2 Å². The van der Waals surface area contributed by atoms with Gasteiger partial charge in [-0.1, -0.05) is 6.07 Å². The van der Waals surface area contributed by atoms with Crippen LogP contribution in [0.15, 0.2) is 24.4 Å². The lowest BCUT2D eigenvalue weighted by molar-refractivity contribution is 0.0592. The number of esters is 1. The molecule has 0 bridgehead atoms. The number of imidazole rings is 1. The van der Waals surface area contributed by atoms with Crippen molar-refractivity contribution < 1.29 is 9.53 Å². The van der Waals surface area contributed by atoms with E-state index < -0.39 is 0 Å². The van der Waals surface area contributed by atoms with Crippen molar-refractivity contribution in [1.29, 1.82) is 0 Å². The highest BCUT2D eigenvalue weighted by Crippen LogP contribution is 2.20. The molecule has 0 aromatic carbocycles. The van der Waals surface area contributed by atoms with Gasteiger partial charge in [0.1, 0.15) is 11.3 Å². The molecule has 5 heteroatoms. The molecule has 5 nitrogen and oxygen atoms in total. The number of piperidine rings is 1. The number of carbonyl (C=O) groups excluding carboxylic acids is 1. The molecule has 2 aromatic rings. The first-order valence-corrected chi connectivity index (χ1v) is 7.41. The van der Waals surface area contributed by atoms with Gasteiger partial charge in [-0.25, -0.2) is 9.78 Å². The third-order valence-corrected chi connectivity index (χ3v) is 4.16. The molecule has 1 atom stereocenters. The zero-order chi connectivity index (χ0) is 14.8. The van der Waals surface area contributed by atoms with E-state index in [-0.39, 0.29) is 5.97 Å². The van der Waals surface area contributed by atoms with E-state index >= 15 is 0 Å². The Labute approximate surface area is 124 Å². The number of hydrogen-bond donors (Lipinski definition) is 0. The lowest BCUT2D eigenvalue weighted by Gasteiger charge is -2.29. The molecule has 0 amide bonds. The van der Waals surface area contributed by atoms with Crippen LogP contribution >= 0.6 is 0 Å². The molecule has 1 fully saturated rings. The van der Waals surface area contributed by atoms with Crippen LogP contribution in [0.4, 0.5) is 0 Å². The number of fused-ring (bicyclic) bond motifs is 1. The number of pyridine rings is 1. The summed E-state index contributed by atoms with van der Waals surface area (Å²) in [6.45, 7) is 2.31. The van der Waals surface area contributed by atoms with Crippen LogP contribution in [-0.4, -0.2) is 47.5 Å². The second-order valence-corrected chi connectivity index (χ2v) is 5.84. The van der Waals surface area contributed by atoms with Gasteiger partial charge in [-0.15, -0.1) is 0 Å². The summed E-state index contributed by atoms with van der Waals surface area (Å²) in [5.74, 6) is 0.317. The van der Waals surface area contributed by atoms with E-state index in [1.807, 2.05) is 22.7 Å². The van der Waals surface area contributed by atoms with E-state index in [0.29, 0.717) is 11.6 Å². The molecule has 112 valence electrons. The maximum absolute atomic E-state index is 11.8. The average molecular weight is 287 g/mol. The number of likely N-dealkylation sites (tertiary alicyclic amines) is 1. The van der Waals surface area contributed by atoms with Crippen LogP contribution in [0.3, 0.4) is 0 Å². The van der Waals surface area contributed by atoms with Gasteiger partial charge in [0.2, 0.25) is 0 Å². The quantitative estimate of drug-likeness (QED) is 0.810. The summed E-state index contributed by atoms with van der Waals surface area (Å²) < 4.78 is 6.65.